The second-order valence-electron chi connectivity index (χ2n) is 5.54. The van der Waals surface area contributed by atoms with Gasteiger partial charge in [-0.05, 0) is 44.5 Å². The number of ether oxygens (including phenoxy) is 2. The summed E-state index contributed by atoms with van der Waals surface area (Å²) in [5.74, 6) is 1.12. The van der Waals surface area contributed by atoms with Gasteiger partial charge in [-0.3, -0.25) is 4.79 Å². The van der Waals surface area contributed by atoms with Crippen LogP contribution in [0.1, 0.15) is 42.7 Å². The smallest absolute Gasteiger partial charge is 0.257 e. The summed E-state index contributed by atoms with van der Waals surface area (Å²) in [6, 6.07) is 8.65. The van der Waals surface area contributed by atoms with E-state index >= 15 is 0 Å². The number of carbonyl (C=O) groups is 1. The number of hydrogen-bond acceptors (Lipinski definition) is 4. The van der Waals surface area contributed by atoms with Gasteiger partial charge in [0.1, 0.15) is 5.82 Å². The molecule has 1 heterocycles. The van der Waals surface area contributed by atoms with Gasteiger partial charge >= 0.3 is 0 Å². The highest BCUT2D eigenvalue weighted by Gasteiger charge is 2.17. The molecule has 2 aromatic rings. The number of pyridine rings is 1. The highest BCUT2D eigenvalue weighted by atomic mass is 35.5. The Labute approximate surface area is 153 Å². The first kappa shape index (κ1) is 19.1. The van der Waals surface area contributed by atoms with E-state index in [1.165, 1.54) is 0 Å². The van der Waals surface area contributed by atoms with E-state index in [0.29, 0.717) is 41.1 Å². The quantitative estimate of drug-likeness (QED) is 0.680. The number of nitrogens with zero attached hydrogens (tertiary/aromatic N) is 1. The standard InChI is InChI=1S/C19H23ClN2O3/c1-4-6-10-25-18-15(20)11-14(12-16(18)24-5-2)19(23)22-17-9-7-8-13(3)21-17/h7-9,11-12H,4-6,10H2,1-3H3,(H,21,22,23). The number of benzene rings is 1. The van der Waals surface area contributed by atoms with E-state index in [2.05, 4.69) is 17.2 Å². The molecule has 25 heavy (non-hydrogen) atoms. The summed E-state index contributed by atoms with van der Waals surface area (Å²) in [6.45, 7) is 6.82. The van der Waals surface area contributed by atoms with E-state index in [9.17, 15) is 4.79 Å². The summed E-state index contributed by atoms with van der Waals surface area (Å²) in [4.78, 5) is 16.8. The minimum atomic E-state index is -0.305. The molecule has 134 valence electrons. The molecule has 1 N–H and O–H groups in total. The fraction of sp³-hybridized carbons (Fsp3) is 0.368. The minimum absolute atomic E-state index is 0.305. The minimum Gasteiger partial charge on any atom is -0.490 e. The number of carbonyl (C=O) groups excluding carboxylic acids is 1. The summed E-state index contributed by atoms with van der Waals surface area (Å²) in [7, 11) is 0. The number of nitrogens with one attached hydrogen (secondary N) is 1. The van der Waals surface area contributed by atoms with Crippen molar-refractivity contribution < 1.29 is 14.3 Å². The Kier molecular flexibility index (Phi) is 7.07. The highest BCUT2D eigenvalue weighted by Crippen LogP contribution is 2.37. The third kappa shape index (κ3) is 5.36. The zero-order chi connectivity index (χ0) is 18.2. The number of aromatic nitrogens is 1. The van der Waals surface area contributed by atoms with Crippen molar-refractivity contribution in [1.29, 1.82) is 0 Å². The Morgan fingerprint density at radius 2 is 2.04 bits per heavy atom. The van der Waals surface area contributed by atoms with Gasteiger partial charge in [0, 0.05) is 11.3 Å². The molecule has 0 bridgehead atoms. The summed E-state index contributed by atoms with van der Waals surface area (Å²) in [6.07, 6.45) is 1.94. The number of hydrogen-bond donors (Lipinski definition) is 1. The van der Waals surface area contributed by atoms with Gasteiger partial charge in [-0.15, -0.1) is 0 Å². The van der Waals surface area contributed by atoms with Crippen LogP contribution in [0.2, 0.25) is 5.02 Å². The van der Waals surface area contributed by atoms with Crippen LogP contribution in [0.25, 0.3) is 0 Å². The zero-order valence-electron chi connectivity index (χ0n) is 14.8. The largest absolute Gasteiger partial charge is 0.490 e. The number of rotatable bonds is 8. The first-order valence-electron chi connectivity index (χ1n) is 8.39. The van der Waals surface area contributed by atoms with Crippen LogP contribution in [0.3, 0.4) is 0 Å². The van der Waals surface area contributed by atoms with Crippen LogP contribution in [0.4, 0.5) is 5.82 Å². The molecule has 1 amide bonds. The normalized spacial score (nSPS) is 10.4. The lowest BCUT2D eigenvalue weighted by atomic mass is 10.2. The summed E-state index contributed by atoms with van der Waals surface area (Å²) in [5.41, 5.74) is 1.21. The van der Waals surface area contributed by atoms with Crippen LogP contribution in [0, 0.1) is 6.92 Å². The Morgan fingerprint density at radius 3 is 2.72 bits per heavy atom. The van der Waals surface area contributed by atoms with Crippen LogP contribution < -0.4 is 14.8 Å². The second kappa shape index (κ2) is 9.28. The number of amides is 1. The van der Waals surface area contributed by atoms with Gasteiger partial charge < -0.3 is 14.8 Å². The molecule has 5 nitrogen and oxygen atoms in total. The Morgan fingerprint density at radius 1 is 1.24 bits per heavy atom. The Bertz CT molecular complexity index is 735. The molecule has 6 heteroatoms. The maximum Gasteiger partial charge on any atom is 0.257 e. The van der Waals surface area contributed by atoms with Gasteiger partial charge in [0.2, 0.25) is 0 Å². The van der Waals surface area contributed by atoms with Gasteiger partial charge in [-0.2, -0.15) is 0 Å². The number of anilines is 1. The van der Waals surface area contributed by atoms with Gasteiger partial charge in [0.25, 0.3) is 5.91 Å². The molecule has 0 saturated carbocycles. The highest BCUT2D eigenvalue weighted by molar-refractivity contribution is 6.32. The molecule has 0 fully saturated rings. The molecule has 0 aliphatic rings. The van der Waals surface area contributed by atoms with E-state index in [4.69, 9.17) is 21.1 Å². The molecular formula is C19H23ClN2O3. The average Bonchev–Trinajstić information content (AvgIpc) is 2.57. The molecule has 1 aromatic carbocycles. The lowest BCUT2D eigenvalue weighted by Gasteiger charge is -2.15. The fourth-order valence-corrected chi connectivity index (χ4v) is 2.49. The molecule has 0 unspecified atom stereocenters. The van der Waals surface area contributed by atoms with Crippen LogP contribution in [0.15, 0.2) is 30.3 Å². The first-order valence-corrected chi connectivity index (χ1v) is 8.77. The van der Waals surface area contributed by atoms with Crippen LogP contribution >= 0.6 is 11.6 Å². The maximum absolute atomic E-state index is 12.5. The van der Waals surface area contributed by atoms with E-state index in [1.807, 2.05) is 26.0 Å². The molecule has 0 atom stereocenters. The number of unbranched alkanes of at least 4 members (excludes halogenated alkanes) is 1. The zero-order valence-corrected chi connectivity index (χ0v) is 15.5. The molecule has 0 spiro atoms. The fourth-order valence-electron chi connectivity index (χ4n) is 2.22. The van der Waals surface area contributed by atoms with E-state index in [0.717, 1.165) is 18.5 Å². The van der Waals surface area contributed by atoms with Crippen LogP contribution in [-0.2, 0) is 0 Å². The average molecular weight is 363 g/mol. The van der Waals surface area contributed by atoms with Crippen molar-refractivity contribution >= 4 is 23.3 Å². The van der Waals surface area contributed by atoms with Gasteiger partial charge in [0.05, 0.1) is 18.2 Å². The molecule has 2 rings (SSSR count). The van der Waals surface area contributed by atoms with E-state index in [1.54, 1.807) is 18.2 Å². The summed E-state index contributed by atoms with van der Waals surface area (Å²) >= 11 is 6.32. The molecule has 0 saturated heterocycles. The van der Waals surface area contributed by atoms with Crippen molar-refractivity contribution in [1.82, 2.24) is 4.98 Å². The topological polar surface area (TPSA) is 60.5 Å². The van der Waals surface area contributed by atoms with Crippen molar-refractivity contribution in [3.05, 3.63) is 46.6 Å². The predicted molar refractivity (Wildman–Crippen MR) is 100.0 cm³/mol. The maximum atomic E-state index is 12.5. The molecule has 1 aromatic heterocycles. The number of halogens is 1. The predicted octanol–water partition coefficient (Wildman–Crippen LogP) is 4.87. The second-order valence-corrected chi connectivity index (χ2v) is 5.95. The van der Waals surface area contributed by atoms with Crippen molar-refractivity contribution in [3.8, 4) is 11.5 Å². The lowest BCUT2D eigenvalue weighted by molar-refractivity contribution is 0.102. The van der Waals surface area contributed by atoms with Gasteiger partial charge in [0.15, 0.2) is 11.5 Å². The van der Waals surface area contributed by atoms with Crippen molar-refractivity contribution in [2.24, 2.45) is 0 Å². The third-order valence-corrected chi connectivity index (χ3v) is 3.73. The summed E-state index contributed by atoms with van der Waals surface area (Å²) in [5, 5.41) is 3.11. The van der Waals surface area contributed by atoms with Gasteiger partial charge in [-0.1, -0.05) is 31.0 Å². The van der Waals surface area contributed by atoms with Gasteiger partial charge in [-0.25, -0.2) is 4.98 Å². The molecular weight excluding hydrogens is 340 g/mol. The third-order valence-electron chi connectivity index (χ3n) is 3.45. The van der Waals surface area contributed by atoms with Crippen LogP contribution in [0.5, 0.6) is 11.5 Å². The summed E-state index contributed by atoms with van der Waals surface area (Å²) < 4.78 is 11.3. The van der Waals surface area contributed by atoms with Crippen LogP contribution in [-0.4, -0.2) is 24.1 Å². The van der Waals surface area contributed by atoms with E-state index in [-0.39, 0.29) is 5.91 Å². The number of aryl methyl sites for hydroxylation is 1. The Balaban J connectivity index is 2.23. The lowest BCUT2D eigenvalue weighted by Crippen LogP contribution is -2.14. The monoisotopic (exact) mass is 362 g/mol. The SMILES string of the molecule is CCCCOc1c(Cl)cc(C(=O)Nc2cccc(C)n2)cc1OCC. The van der Waals surface area contributed by atoms with E-state index < -0.39 is 0 Å². The molecule has 0 radical (unpaired) electrons. The molecule has 0 aliphatic heterocycles. The van der Waals surface area contributed by atoms with Crippen molar-refractivity contribution in [3.63, 3.8) is 0 Å². The van der Waals surface area contributed by atoms with Crippen molar-refractivity contribution in [2.45, 2.75) is 33.6 Å². The first-order chi connectivity index (χ1) is 12.0. The Hall–Kier alpha value is -2.27. The molecule has 0 aliphatic carbocycles. The van der Waals surface area contributed by atoms with Crippen molar-refractivity contribution in [2.75, 3.05) is 18.5 Å².